The first kappa shape index (κ1) is 48.8. The molecule has 12 aliphatic rings. The van der Waals surface area contributed by atoms with Gasteiger partial charge in [-0.05, 0) is 173 Å². The first-order valence-electron chi connectivity index (χ1n) is 26.9. The fourth-order valence-corrected chi connectivity index (χ4v) is 14.3. The summed E-state index contributed by atoms with van der Waals surface area (Å²) in [7, 11) is 0. The van der Waals surface area contributed by atoms with Crippen LogP contribution in [0.5, 0.6) is 0 Å². The Morgan fingerprint density at radius 3 is 1.61 bits per heavy atom. The number of hydrogen-bond acceptors (Lipinski definition) is 0. The highest BCUT2D eigenvalue weighted by molar-refractivity contribution is 5.55. The lowest BCUT2D eigenvalue weighted by molar-refractivity contribution is 0.188. The Kier molecular flexibility index (Phi) is 15.6. The molecular formula is C64H92. The molecule has 12 aliphatic carbocycles. The van der Waals surface area contributed by atoms with E-state index in [1.54, 1.807) is 39.0 Å². The predicted molar refractivity (Wildman–Crippen MR) is 281 cm³/mol. The van der Waals surface area contributed by atoms with Crippen molar-refractivity contribution in [3.05, 3.63) is 140 Å². The third-order valence-electron chi connectivity index (χ3n) is 18.5. The van der Waals surface area contributed by atoms with Crippen LogP contribution in [0.2, 0.25) is 0 Å². The second kappa shape index (κ2) is 20.4. The van der Waals surface area contributed by atoms with Crippen LogP contribution >= 0.6 is 0 Å². The maximum absolute atomic E-state index is 2.56. The standard InChI is InChI=1S/2C18H24.2C14H22/c1-10(2)14-9-15-13(5)8-16(14)18-12(4)7-6-11(3)17(15)18;1-4-5-6-14-11-15-9-10-16(14)18-13(3)8-7-12(2)17(15)18;1-4-5-6-12-11-13(2)7-9-14(12,3)10-8-13;1-4-5-6-13-9-12-7-8-14(13)11(3)10(12)2/h6-8,10,14-16H,9H2,1-5H3;7-10,14-16H,4-6,11H2,1-3H3;7-10,12H,4-6,11H2,1-3H3;7-8,12-14H,4-6,9H2,1-3H3. The van der Waals surface area contributed by atoms with Gasteiger partial charge in [-0.2, -0.15) is 0 Å². The number of aryl methyl sites for hydroxylation is 4. The number of hydrogen-bond donors (Lipinski definition) is 0. The van der Waals surface area contributed by atoms with E-state index >= 15 is 0 Å². The molecule has 2 aromatic rings. The minimum absolute atomic E-state index is 0.368. The largest absolute Gasteiger partial charge is 0.0807 e. The average molecular weight is 861 g/mol. The summed E-state index contributed by atoms with van der Waals surface area (Å²) in [6, 6.07) is 9.26. The zero-order valence-electron chi connectivity index (χ0n) is 43.5. The molecule has 0 heteroatoms. The summed E-state index contributed by atoms with van der Waals surface area (Å²) < 4.78 is 0. The molecule has 0 fully saturated rings. The Balaban J connectivity index is 0.000000129. The highest BCUT2D eigenvalue weighted by Gasteiger charge is 2.43. The van der Waals surface area contributed by atoms with E-state index in [1.807, 2.05) is 0 Å². The van der Waals surface area contributed by atoms with Gasteiger partial charge in [0, 0.05) is 40.4 Å². The van der Waals surface area contributed by atoms with Crippen LogP contribution in [-0.2, 0) is 0 Å². The van der Waals surface area contributed by atoms with Crippen LogP contribution in [0.25, 0.3) is 0 Å². The van der Waals surface area contributed by atoms with Crippen molar-refractivity contribution < 1.29 is 0 Å². The maximum Gasteiger partial charge on any atom is 0.00619 e. The summed E-state index contributed by atoms with van der Waals surface area (Å²) in [5, 5.41) is 0. The van der Waals surface area contributed by atoms with Crippen molar-refractivity contribution in [2.45, 2.75) is 204 Å². The Hall–Kier alpha value is -3.12. The lowest BCUT2D eigenvalue weighted by Crippen LogP contribution is -2.37. The van der Waals surface area contributed by atoms with Crippen LogP contribution in [-0.4, -0.2) is 0 Å². The molecule has 0 spiro atoms. The van der Waals surface area contributed by atoms with E-state index in [1.165, 1.54) is 106 Å². The van der Waals surface area contributed by atoms with Gasteiger partial charge in [0.15, 0.2) is 0 Å². The summed E-state index contributed by atoms with van der Waals surface area (Å²) >= 11 is 0. The van der Waals surface area contributed by atoms with Crippen molar-refractivity contribution >= 4 is 0 Å². The van der Waals surface area contributed by atoms with Crippen molar-refractivity contribution in [3.8, 4) is 0 Å². The highest BCUT2D eigenvalue weighted by Crippen LogP contribution is 2.56. The molecule has 14 rings (SSSR count). The molecule has 2 aromatic carbocycles. The van der Waals surface area contributed by atoms with Gasteiger partial charge >= 0.3 is 0 Å². The number of unbranched alkanes of at least 4 members (excludes halogenated alkanes) is 3. The van der Waals surface area contributed by atoms with E-state index in [9.17, 15) is 0 Å². The quantitative estimate of drug-likeness (QED) is 0.209. The molecule has 0 aromatic heterocycles. The van der Waals surface area contributed by atoms with Gasteiger partial charge in [-0.1, -0.05) is 183 Å². The van der Waals surface area contributed by atoms with Crippen molar-refractivity contribution in [3.63, 3.8) is 0 Å². The summed E-state index contributed by atoms with van der Waals surface area (Å²) in [5.41, 5.74) is 18.4. The summed E-state index contributed by atoms with van der Waals surface area (Å²) in [5.74, 6) is 8.68. The Morgan fingerprint density at radius 2 is 1.03 bits per heavy atom. The summed E-state index contributed by atoms with van der Waals surface area (Å²) in [4.78, 5) is 0. The highest BCUT2D eigenvalue weighted by atomic mass is 14.5. The minimum Gasteiger partial charge on any atom is -0.0807 e. The second-order valence-electron chi connectivity index (χ2n) is 23.4. The topological polar surface area (TPSA) is 0 Å². The Bertz CT molecular complexity index is 2120. The van der Waals surface area contributed by atoms with Crippen LogP contribution in [0.1, 0.15) is 221 Å². The van der Waals surface area contributed by atoms with Gasteiger partial charge in [0.1, 0.15) is 0 Å². The smallest absolute Gasteiger partial charge is 0.00619 e. The molecular weight excluding hydrogens is 769 g/mol. The normalized spacial score (nSPS) is 33.8. The van der Waals surface area contributed by atoms with Gasteiger partial charge in [-0.3, -0.25) is 0 Å². The lowest BCUT2D eigenvalue weighted by Gasteiger charge is -2.47. The number of fused-ring (bicyclic) bond motifs is 4. The molecule has 0 N–H and O–H groups in total. The first-order valence-corrected chi connectivity index (χ1v) is 26.9. The molecule has 10 atom stereocenters. The molecule has 0 nitrogen and oxygen atoms in total. The van der Waals surface area contributed by atoms with Gasteiger partial charge in [0.2, 0.25) is 0 Å². The number of rotatable bonds is 10. The monoisotopic (exact) mass is 861 g/mol. The van der Waals surface area contributed by atoms with Crippen molar-refractivity contribution in [2.75, 3.05) is 0 Å². The van der Waals surface area contributed by atoms with E-state index < -0.39 is 0 Å². The Morgan fingerprint density at radius 1 is 0.531 bits per heavy atom. The summed E-state index contributed by atoms with van der Waals surface area (Å²) in [6.07, 6.45) is 40.1. The molecule has 8 bridgehead atoms. The third-order valence-corrected chi connectivity index (χ3v) is 18.5. The lowest BCUT2D eigenvalue weighted by atomic mass is 9.58. The number of benzene rings is 2. The zero-order chi connectivity index (χ0) is 46.1. The number of allylic oxidation sites excluding steroid dienone is 12. The van der Waals surface area contributed by atoms with E-state index in [0.29, 0.717) is 34.5 Å². The van der Waals surface area contributed by atoms with Crippen LogP contribution in [0.15, 0.2) is 95.7 Å². The summed E-state index contributed by atoms with van der Waals surface area (Å²) in [6.45, 7) is 32.6. The van der Waals surface area contributed by atoms with E-state index in [0.717, 1.165) is 41.4 Å². The molecule has 0 saturated carbocycles. The van der Waals surface area contributed by atoms with Crippen LogP contribution in [0.4, 0.5) is 0 Å². The molecule has 0 saturated heterocycles. The van der Waals surface area contributed by atoms with Gasteiger partial charge < -0.3 is 0 Å². The van der Waals surface area contributed by atoms with Crippen LogP contribution in [0.3, 0.4) is 0 Å². The molecule has 0 amide bonds. The predicted octanol–water partition coefficient (Wildman–Crippen LogP) is 19.0. The van der Waals surface area contributed by atoms with Gasteiger partial charge in [0.05, 0.1) is 0 Å². The van der Waals surface area contributed by atoms with Crippen LogP contribution in [0, 0.1) is 80.0 Å². The minimum atomic E-state index is 0.368. The van der Waals surface area contributed by atoms with E-state index in [-0.39, 0.29) is 0 Å². The molecule has 10 unspecified atom stereocenters. The van der Waals surface area contributed by atoms with Crippen molar-refractivity contribution in [1.29, 1.82) is 0 Å². The molecule has 0 aliphatic heterocycles. The molecule has 348 valence electrons. The van der Waals surface area contributed by atoms with E-state index in [2.05, 4.69) is 176 Å². The zero-order valence-corrected chi connectivity index (χ0v) is 43.5. The molecule has 64 heavy (non-hydrogen) atoms. The second-order valence-corrected chi connectivity index (χ2v) is 23.4. The van der Waals surface area contributed by atoms with Crippen molar-refractivity contribution in [2.24, 2.45) is 52.3 Å². The van der Waals surface area contributed by atoms with Gasteiger partial charge in [-0.15, -0.1) is 0 Å². The van der Waals surface area contributed by atoms with Gasteiger partial charge in [0.25, 0.3) is 0 Å². The Labute approximate surface area is 394 Å². The van der Waals surface area contributed by atoms with Gasteiger partial charge in [-0.25, -0.2) is 0 Å². The van der Waals surface area contributed by atoms with Crippen molar-refractivity contribution in [1.82, 2.24) is 0 Å². The molecule has 0 radical (unpaired) electrons. The maximum atomic E-state index is 2.56. The van der Waals surface area contributed by atoms with E-state index in [4.69, 9.17) is 0 Å². The third kappa shape index (κ3) is 9.80. The average Bonchev–Trinajstić information content (AvgIpc) is 3.29. The fraction of sp³-hybridized carbons (Fsp3) is 0.625. The SMILES string of the molecule is CC1=CC2c3c(C)ccc(C)c3C1CC2C(C)C.CCCCC1CC2(C)C=CC1(C)C=C2.CCCCC1CC2C=CC1C(C)=C2C.CCCCC1CC2C=CC1c1c(C)ccc(C)c12. The fourth-order valence-electron chi connectivity index (χ4n) is 14.3. The van der Waals surface area contributed by atoms with Crippen LogP contribution < -0.4 is 0 Å². The molecule has 0 heterocycles. The first-order chi connectivity index (χ1) is 30.5.